The molecule has 15 heavy (non-hydrogen) atoms. The summed E-state index contributed by atoms with van der Waals surface area (Å²) in [6.45, 7) is 2.54. The van der Waals surface area contributed by atoms with Gasteiger partial charge in [-0.1, -0.05) is 6.42 Å². The van der Waals surface area contributed by atoms with E-state index in [4.69, 9.17) is 5.11 Å². The molecule has 0 heterocycles. The van der Waals surface area contributed by atoms with Crippen LogP contribution in [0.2, 0.25) is 0 Å². The number of hydrogen-bond acceptors (Lipinski definition) is 2. The van der Waals surface area contributed by atoms with E-state index in [0.29, 0.717) is 6.61 Å². The van der Waals surface area contributed by atoms with Crippen molar-refractivity contribution < 1.29 is 5.11 Å². The molecule has 3 rings (SSSR count). The van der Waals surface area contributed by atoms with Gasteiger partial charge in [-0.05, 0) is 49.9 Å². The van der Waals surface area contributed by atoms with Gasteiger partial charge in [0.05, 0.1) is 6.61 Å². The summed E-state index contributed by atoms with van der Waals surface area (Å²) in [7, 11) is 0. The molecule has 0 aromatic carbocycles. The highest BCUT2D eigenvalue weighted by atomic mass is 16.3. The van der Waals surface area contributed by atoms with Gasteiger partial charge in [0.2, 0.25) is 0 Å². The molecule has 0 aromatic rings. The van der Waals surface area contributed by atoms with E-state index in [0.717, 1.165) is 30.3 Å². The Morgan fingerprint density at radius 1 is 1.07 bits per heavy atom. The monoisotopic (exact) mass is 209 g/mol. The first kappa shape index (κ1) is 10.1. The summed E-state index contributed by atoms with van der Waals surface area (Å²) in [5.41, 5.74) is 0. The van der Waals surface area contributed by atoms with Crippen LogP contribution in [0.4, 0.5) is 0 Å². The maximum Gasteiger partial charge on any atom is 0.0558 e. The fourth-order valence-electron chi connectivity index (χ4n) is 3.89. The normalized spacial score (nSPS) is 39.2. The predicted octanol–water partition coefficient (Wildman–Crippen LogP) is 1.88. The van der Waals surface area contributed by atoms with Crippen molar-refractivity contribution in [2.75, 3.05) is 19.7 Å². The molecule has 1 N–H and O–H groups in total. The zero-order valence-electron chi connectivity index (χ0n) is 9.57. The summed E-state index contributed by atoms with van der Waals surface area (Å²) < 4.78 is 0. The summed E-state index contributed by atoms with van der Waals surface area (Å²) in [6.07, 6.45) is 8.75. The van der Waals surface area contributed by atoms with E-state index in [9.17, 15) is 0 Å². The lowest BCUT2D eigenvalue weighted by atomic mass is 9.88. The van der Waals surface area contributed by atoms with Crippen molar-refractivity contribution in [1.82, 2.24) is 4.90 Å². The fraction of sp³-hybridized carbons (Fsp3) is 1.00. The zero-order chi connectivity index (χ0) is 10.3. The van der Waals surface area contributed by atoms with Crippen LogP contribution in [0, 0.1) is 17.8 Å². The Bertz CT molecular complexity index is 227. The van der Waals surface area contributed by atoms with Gasteiger partial charge < -0.3 is 5.11 Å². The van der Waals surface area contributed by atoms with Crippen LogP contribution in [0.3, 0.4) is 0 Å². The van der Waals surface area contributed by atoms with Gasteiger partial charge in [-0.2, -0.15) is 0 Å². The lowest BCUT2D eigenvalue weighted by Crippen LogP contribution is -2.35. The summed E-state index contributed by atoms with van der Waals surface area (Å²) >= 11 is 0. The Labute approximate surface area is 92.7 Å². The fourth-order valence-corrected chi connectivity index (χ4v) is 3.89. The van der Waals surface area contributed by atoms with Crippen LogP contribution < -0.4 is 0 Å². The van der Waals surface area contributed by atoms with Crippen LogP contribution in [0.5, 0.6) is 0 Å². The van der Waals surface area contributed by atoms with E-state index < -0.39 is 0 Å². The number of rotatable bonds is 5. The summed E-state index contributed by atoms with van der Waals surface area (Å²) in [6, 6.07) is 0.830. The Morgan fingerprint density at radius 3 is 2.47 bits per heavy atom. The molecule has 3 unspecified atom stereocenters. The third-order valence-electron chi connectivity index (χ3n) is 4.80. The minimum Gasteiger partial charge on any atom is -0.395 e. The third kappa shape index (κ3) is 2.07. The SMILES string of the molecule is OCCN(CC1CC2CCC1C2)C1CC1. The number of aliphatic hydroxyl groups is 1. The van der Waals surface area contributed by atoms with E-state index >= 15 is 0 Å². The summed E-state index contributed by atoms with van der Waals surface area (Å²) in [4.78, 5) is 2.56. The highest BCUT2D eigenvalue weighted by Crippen LogP contribution is 2.49. The molecule has 3 aliphatic carbocycles. The summed E-state index contributed by atoms with van der Waals surface area (Å²) in [5.74, 6) is 3.07. The minimum atomic E-state index is 0.345. The van der Waals surface area contributed by atoms with Crippen molar-refractivity contribution in [3.05, 3.63) is 0 Å². The molecule has 2 bridgehead atoms. The molecule has 2 nitrogen and oxygen atoms in total. The molecule has 0 radical (unpaired) electrons. The lowest BCUT2D eigenvalue weighted by Gasteiger charge is -2.29. The topological polar surface area (TPSA) is 23.5 Å². The zero-order valence-corrected chi connectivity index (χ0v) is 9.57. The van der Waals surface area contributed by atoms with Crippen LogP contribution in [0.15, 0.2) is 0 Å². The minimum absolute atomic E-state index is 0.345. The first-order chi connectivity index (χ1) is 7.36. The standard InChI is InChI=1S/C13H23NO/c15-6-5-14(13-3-4-13)9-12-8-10-1-2-11(12)7-10/h10-13,15H,1-9H2. The first-order valence-corrected chi connectivity index (χ1v) is 6.71. The average molecular weight is 209 g/mol. The quantitative estimate of drug-likeness (QED) is 0.747. The van der Waals surface area contributed by atoms with Crippen molar-refractivity contribution in [1.29, 1.82) is 0 Å². The number of aliphatic hydroxyl groups excluding tert-OH is 1. The lowest BCUT2D eigenvalue weighted by molar-refractivity contribution is 0.147. The number of nitrogens with zero attached hydrogens (tertiary/aromatic N) is 1. The molecule has 3 fully saturated rings. The molecule has 3 aliphatic rings. The molecule has 0 saturated heterocycles. The second-order valence-corrected chi connectivity index (χ2v) is 5.88. The Kier molecular flexibility index (Phi) is 2.73. The van der Waals surface area contributed by atoms with Crippen LogP contribution in [0.25, 0.3) is 0 Å². The largest absolute Gasteiger partial charge is 0.395 e. The molecular weight excluding hydrogens is 186 g/mol. The van der Waals surface area contributed by atoms with Gasteiger partial charge in [0, 0.05) is 19.1 Å². The Balaban J connectivity index is 1.54. The Morgan fingerprint density at radius 2 is 1.93 bits per heavy atom. The van der Waals surface area contributed by atoms with Crippen molar-refractivity contribution in [2.24, 2.45) is 17.8 Å². The van der Waals surface area contributed by atoms with E-state index in [1.165, 1.54) is 45.1 Å². The number of hydrogen-bond donors (Lipinski definition) is 1. The van der Waals surface area contributed by atoms with E-state index in [-0.39, 0.29) is 0 Å². The second kappa shape index (κ2) is 4.06. The van der Waals surface area contributed by atoms with Crippen LogP contribution in [-0.4, -0.2) is 35.7 Å². The smallest absolute Gasteiger partial charge is 0.0558 e. The van der Waals surface area contributed by atoms with Crippen LogP contribution in [0.1, 0.15) is 38.5 Å². The molecule has 0 spiro atoms. The van der Waals surface area contributed by atoms with Crippen molar-refractivity contribution in [3.63, 3.8) is 0 Å². The van der Waals surface area contributed by atoms with Gasteiger partial charge in [-0.15, -0.1) is 0 Å². The van der Waals surface area contributed by atoms with Gasteiger partial charge in [0.25, 0.3) is 0 Å². The van der Waals surface area contributed by atoms with Gasteiger partial charge in [0.1, 0.15) is 0 Å². The predicted molar refractivity (Wildman–Crippen MR) is 60.6 cm³/mol. The van der Waals surface area contributed by atoms with Gasteiger partial charge in [-0.25, -0.2) is 0 Å². The van der Waals surface area contributed by atoms with E-state index in [1.807, 2.05) is 0 Å². The second-order valence-electron chi connectivity index (χ2n) is 5.88. The van der Waals surface area contributed by atoms with E-state index in [2.05, 4.69) is 4.90 Å². The van der Waals surface area contributed by atoms with E-state index in [1.54, 1.807) is 0 Å². The highest BCUT2D eigenvalue weighted by Gasteiger charge is 2.41. The van der Waals surface area contributed by atoms with Crippen molar-refractivity contribution in [3.8, 4) is 0 Å². The van der Waals surface area contributed by atoms with Crippen molar-refractivity contribution in [2.45, 2.75) is 44.6 Å². The van der Waals surface area contributed by atoms with Gasteiger partial charge in [-0.3, -0.25) is 4.90 Å². The maximum atomic E-state index is 9.08. The molecule has 0 aliphatic heterocycles. The highest BCUT2D eigenvalue weighted by molar-refractivity contribution is 4.93. The summed E-state index contributed by atoms with van der Waals surface area (Å²) in [5, 5.41) is 9.08. The Hall–Kier alpha value is -0.0800. The van der Waals surface area contributed by atoms with Gasteiger partial charge in [0.15, 0.2) is 0 Å². The average Bonchev–Trinajstić information content (AvgIpc) is 2.89. The van der Waals surface area contributed by atoms with Gasteiger partial charge >= 0.3 is 0 Å². The third-order valence-corrected chi connectivity index (χ3v) is 4.80. The number of fused-ring (bicyclic) bond motifs is 2. The maximum absolute atomic E-state index is 9.08. The van der Waals surface area contributed by atoms with Crippen LogP contribution in [-0.2, 0) is 0 Å². The molecule has 2 heteroatoms. The molecule has 86 valence electrons. The van der Waals surface area contributed by atoms with Crippen molar-refractivity contribution >= 4 is 0 Å². The molecule has 3 atom stereocenters. The molecule has 0 aromatic heterocycles. The van der Waals surface area contributed by atoms with Crippen LogP contribution >= 0.6 is 0 Å². The molecule has 3 saturated carbocycles. The first-order valence-electron chi connectivity index (χ1n) is 6.71. The molecular formula is C13H23NO. The molecule has 0 amide bonds.